The normalized spacial score (nSPS) is 11.1. The Labute approximate surface area is 184 Å². The van der Waals surface area contributed by atoms with Crippen molar-refractivity contribution >= 4 is 11.3 Å². The average molecular weight is 421 g/mol. The van der Waals surface area contributed by atoms with Crippen LogP contribution in [0.2, 0.25) is 0 Å². The zero-order chi connectivity index (χ0) is 22.2. The summed E-state index contributed by atoms with van der Waals surface area (Å²) in [6.07, 6.45) is 1.78. The van der Waals surface area contributed by atoms with E-state index in [1.165, 1.54) is 12.1 Å². The third-order valence-corrected chi connectivity index (χ3v) is 5.47. The third-order valence-electron chi connectivity index (χ3n) is 5.47. The van der Waals surface area contributed by atoms with E-state index in [2.05, 4.69) is 17.1 Å². The van der Waals surface area contributed by atoms with Crippen LogP contribution >= 0.6 is 0 Å². The van der Waals surface area contributed by atoms with E-state index < -0.39 is 4.92 Å². The minimum absolute atomic E-state index is 0.0438. The number of benzene rings is 2. The first-order chi connectivity index (χ1) is 15.5. The van der Waals surface area contributed by atoms with E-state index in [1.54, 1.807) is 12.3 Å². The van der Waals surface area contributed by atoms with Crippen LogP contribution in [-0.4, -0.2) is 24.5 Å². The van der Waals surface area contributed by atoms with Crippen molar-refractivity contribution in [3.8, 4) is 33.6 Å². The molecule has 32 heavy (non-hydrogen) atoms. The zero-order valence-electron chi connectivity index (χ0n) is 17.6. The Kier molecular flexibility index (Phi) is 4.71. The lowest BCUT2D eigenvalue weighted by molar-refractivity contribution is -0.384. The van der Waals surface area contributed by atoms with Crippen LogP contribution in [0.25, 0.3) is 39.3 Å². The molecule has 0 aliphatic heterocycles. The Bertz CT molecular complexity index is 1470. The number of rotatable bonds is 4. The van der Waals surface area contributed by atoms with Gasteiger partial charge in [-0.15, -0.1) is 0 Å². The molecular weight excluding hydrogens is 402 g/mol. The summed E-state index contributed by atoms with van der Waals surface area (Å²) < 4.78 is 1.86. The molecule has 0 amide bonds. The fraction of sp³-hybridized carbons (Fsp3) is 0.0800. The molecule has 156 valence electrons. The van der Waals surface area contributed by atoms with Crippen LogP contribution < -0.4 is 0 Å². The van der Waals surface area contributed by atoms with Gasteiger partial charge in [-0.2, -0.15) is 5.10 Å². The lowest BCUT2D eigenvalue weighted by Crippen LogP contribution is -1.99. The van der Waals surface area contributed by atoms with Gasteiger partial charge >= 0.3 is 0 Å². The quantitative estimate of drug-likeness (QED) is 0.276. The number of nitro benzene ring substituents is 1. The second-order valence-electron chi connectivity index (χ2n) is 7.53. The van der Waals surface area contributed by atoms with Crippen molar-refractivity contribution in [2.24, 2.45) is 0 Å². The standard InChI is InChI=1S/C25H19N5O2/c1-16-21(11-12-22(27-16)19-9-6-10-20(15-19)30(31)32)23-13-14-26-25-24(17(2)28-29(23)25)18-7-4-3-5-8-18/h3-15H,1-2H3. The van der Waals surface area contributed by atoms with Gasteiger partial charge in [-0.05, 0) is 37.6 Å². The molecule has 0 bridgehead atoms. The number of aromatic nitrogens is 4. The van der Waals surface area contributed by atoms with Gasteiger partial charge in [0.1, 0.15) is 0 Å². The van der Waals surface area contributed by atoms with Gasteiger partial charge in [-0.1, -0.05) is 42.5 Å². The van der Waals surface area contributed by atoms with Crippen LogP contribution in [-0.2, 0) is 0 Å². The highest BCUT2D eigenvalue weighted by molar-refractivity contribution is 5.81. The first-order valence-corrected chi connectivity index (χ1v) is 10.2. The van der Waals surface area contributed by atoms with Gasteiger partial charge in [-0.3, -0.25) is 15.1 Å². The van der Waals surface area contributed by atoms with Crippen molar-refractivity contribution in [2.45, 2.75) is 13.8 Å². The fourth-order valence-electron chi connectivity index (χ4n) is 3.97. The van der Waals surface area contributed by atoms with E-state index in [0.717, 1.165) is 39.4 Å². The molecule has 0 fully saturated rings. The first-order valence-electron chi connectivity index (χ1n) is 10.2. The SMILES string of the molecule is Cc1nc(-c2cccc([N+](=O)[O-])c2)ccc1-c1ccnc2c(-c3ccccc3)c(C)nn12. The third kappa shape index (κ3) is 3.30. The number of aryl methyl sites for hydroxylation is 2. The molecule has 7 nitrogen and oxygen atoms in total. The molecule has 0 unspecified atom stereocenters. The highest BCUT2D eigenvalue weighted by Crippen LogP contribution is 2.32. The predicted octanol–water partition coefficient (Wildman–Crippen LogP) is 5.65. The summed E-state index contributed by atoms with van der Waals surface area (Å²) in [5.41, 5.74) is 7.80. The monoisotopic (exact) mass is 421 g/mol. The Hall–Kier alpha value is -4.39. The molecule has 5 aromatic rings. The molecule has 0 aliphatic carbocycles. The highest BCUT2D eigenvalue weighted by atomic mass is 16.6. The van der Waals surface area contributed by atoms with Gasteiger partial charge in [0.05, 0.1) is 22.0 Å². The summed E-state index contributed by atoms with van der Waals surface area (Å²) in [5, 5.41) is 15.9. The average Bonchev–Trinajstić information content (AvgIpc) is 3.15. The number of hydrogen-bond donors (Lipinski definition) is 0. The largest absolute Gasteiger partial charge is 0.270 e. The molecular formula is C25H19N5O2. The summed E-state index contributed by atoms with van der Waals surface area (Å²) in [4.78, 5) is 20.0. The van der Waals surface area contributed by atoms with E-state index in [9.17, 15) is 10.1 Å². The predicted molar refractivity (Wildman–Crippen MR) is 123 cm³/mol. The van der Waals surface area contributed by atoms with Crippen molar-refractivity contribution in [1.29, 1.82) is 0 Å². The molecule has 0 N–H and O–H groups in total. The molecule has 0 saturated heterocycles. The van der Waals surface area contributed by atoms with Crippen molar-refractivity contribution in [3.63, 3.8) is 0 Å². The number of non-ortho nitro benzene ring substituents is 1. The van der Waals surface area contributed by atoms with Crippen molar-refractivity contribution < 1.29 is 4.92 Å². The summed E-state index contributed by atoms with van der Waals surface area (Å²) in [7, 11) is 0. The lowest BCUT2D eigenvalue weighted by atomic mass is 10.1. The van der Waals surface area contributed by atoms with Gasteiger partial charge in [0.25, 0.3) is 5.69 Å². The van der Waals surface area contributed by atoms with Gasteiger partial charge in [-0.25, -0.2) is 9.50 Å². The molecule has 7 heteroatoms. The summed E-state index contributed by atoms with van der Waals surface area (Å²) >= 11 is 0. The molecule has 0 spiro atoms. The summed E-state index contributed by atoms with van der Waals surface area (Å²) in [6, 6.07) is 22.4. The van der Waals surface area contributed by atoms with E-state index in [1.807, 2.05) is 60.8 Å². The minimum Gasteiger partial charge on any atom is -0.258 e. The second-order valence-corrected chi connectivity index (χ2v) is 7.53. The van der Waals surface area contributed by atoms with E-state index >= 15 is 0 Å². The van der Waals surface area contributed by atoms with E-state index in [-0.39, 0.29) is 5.69 Å². The molecule has 5 rings (SSSR count). The Morgan fingerprint density at radius 2 is 1.66 bits per heavy atom. The maximum atomic E-state index is 11.1. The van der Waals surface area contributed by atoms with Crippen LogP contribution in [0.15, 0.2) is 79.0 Å². The molecule has 0 radical (unpaired) electrons. The van der Waals surface area contributed by atoms with Crippen LogP contribution in [0.1, 0.15) is 11.4 Å². The topological polar surface area (TPSA) is 86.2 Å². The first kappa shape index (κ1) is 19.6. The van der Waals surface area contributed by atoms with Gasteiger partial charge in [0.15, 0.2) is 5.65 Å². The zero-order valence-corrected chi connectivity index (χ0v) is 17.6. The van der Waals surface area contributed by atoms with Gasteiger partial charge < -0.3 is 0 Å². The lowest BCUT2D eigenvalue weighted by Gasteiger charge is -2.10. The number of nitrogens with zero attached hydrogens (tertiary/aromatic N) is 5. The Morgan fingerprint density at radius 3 is 2.41 bits per heavy atom. The van der Waals surface area contributed by atoms with Crippen LogP contribution in [0, 0.1) is 24.0 Å². The maximum Gasteiger partial charge on any atom is 0.270 e. The number of pyridine rings is 1. The Morgan fingerprint density at radius 1 is 0.875 bits per heavy atom. The van der Waals surface area contributed by atoms with Crippen LogP contribution in [0.3, 0.4) is 0 Å². The number of nitro groups is 1. The maximum absolute atomic E-state index is 11.1. The summed E-state index contributed by atoms with van der Waals surface area (Å²) in [5.74, 6) is 0. The molecule has 3 heterocycles. The van der Waals surface area contributed by atoms with Crippen LogP contribution in [0.4, 0.5) is 5.69 Å². The van der Waals surface area contributed by atoms with Crippen molar-refractivity contribution in [2.75, 3.05) is 0 Å². The number of fused-ring (bicyclic) bond motifs is 1. The van der Waals surface area contributed by atoms with E-state index in [0.29, 0.717) is 11.3 Å². The van der Waals surface area contributed by atoms with E-state index in [4.69, 9.17) is 10.1 Å². The second kappa shape index (κ2) is 7.70. The fourth-order valence-corrected chi connectivity index (χ4v) is 3.97. The Balaban J connectivity index is 1.62. The highest BCUT2D eigenvalue weighted by Gasteiger charge is 2.17. The van der Waals surface area contributed by atoms with Crippen LogP contribution in [0.5, 0.6) is 0 Å². The number of hydrogen-bond acceptors (Lipinski definition) is 5. The molecule has 2 aromatic carbocycles. The smallest absolute Gasteiger partial charge is 0.258 e. The summed E-state index contributed by atoms with van der Waals surface area (Å²) in [6.45, 7) is 3.91. The van der Waals surface area contributed by atoms with Crippen molar-refractivity contribution in [3.05, 3.63) is 100 Å². The molecule has 3 aromatic heterocycles. The van der Waals surface area contributed by atoms with Crippen molar-refractivity contribution in [1.82, 2.24) is 19.6 Å². The minimum atomic E-state index is -0.400. The molecule has 0 saturated carbocycles. The van der Waals surface area contributed by atoms with Gasteiger partial charge in [0, 0.05) is 40.7 Å². The molecule has 0 aliphatic rings. The van der Waals surface area contributed by atoms with Gasteiger partial charge in [0.2, 0.25) is 0 Å². The molecule has 0 atom stereocenters.